The summed E-state index contributed by atoms with van der Waals surface area (Å²) in [6.45, 7) is 0. The molecule has 1 saturated carbocycles. The van der Waals surface area contributed by atoms with Gasteiger partial charge in [0.1, 0.15) is 6.29 Å². The number of rotatable bonds is 3. The molecule has 0 N–H and O–H groups in total. The van der Waals surface area contributed by atoms with Crippen molar-refractivity contribution in [3.63, 3.8) is 0 Å². The van der Waals surface area contributed by atoms with Gasteiger partial charge in [0, 0.05) is 6.42 Å². The maximum atomic E-state index is 10.2. The summed E-state index contributed by atoms with van der Waals surface area (Å²) in [5, 5.41) is 4.25. The first-order chi connectivity index (χ1) is 5.36. The van der Waals surface area contributed by atoms with Crippen LogP contribution in [0, 0.1) is 13.3 Å². The van der Waals surface area contributed by atoms with Crippen molar-refractivity contribution in [1.82, 2.24) is 0 Å². The van der Waals surface area contributed by atoms with E-state index in [2.05, 4.69) is 5.32 Å². The van der Waals surface area contributed by atoms with Crippen molar-refractivity contribution in [2.24, 2.45) is 5.92 Å². The molecule has 0 saturated heterocycles. The summed E-state index contributed by atoms with van der Waals surface area (Å²) in [5.41, 5.74) is 0. The molecule has 0 amide bonds. The zero-order valence-corrected chi connectivity index (χ0v) is 11.5. The fourth-order valence-electron chi connectivity index (χ4n) is 1.77. The van der Waals surface area contributed by atoms with Crippen molar-refractivity contribution < 1.29 is 25.9 Å². The molecular formula is C10H19NOW. The van der Waals surface area contributed by atoms with Gasteiger partial charge in [-0.1, -0.05) is 25.7 Å². The molecule has 0 heterocycles. The second-order valence-electron chi connectivity index (χ2n) is 3.34. The minimum Gasteiger partial charge on any atom is -0.662 e. The summed E-state index contributed by atoms with van der Waals surface area (Å²) < 4.78 is 0. The zero-order chi connectivity index (χ0) is 8.10. The van der Waals surface area contributed by atoms with E-state index in [0.717, 1.165) is 12.7 Å². The quantitative estimate of drug-likeness (QED) is 0.567. The molecular weight excluding hydrogens is 334 g/mol. The van der Waals surface area contributed by atoms with Crippen molar-refractivity contribution in [1.29, 1.82) is 0 Å². The average molecular weight is 353 g/mol. The first kappa shape index (κ1) is 15.8. The molecule has 0 radical (unpaired) electrons. The van der Waals surface area contributed by atoms with Gasteiger partial charge in [0.2, 0.25) is 0 Å². The van der Waals surface area contributed by atoms with Gasteiger partial charge in [0.25, 0.3) is 0 Å². The van der Waals surface area contributed by atoms with Crippen LogP contribution in [0.3, 0.4) is 0 Å². The minimum absolute atomic E-state index is 0. The predicted molar refractivity (Wildman–Crippen MR) is 52.1 cm³/mol. The number of carbonyl (C=O) groups is 1. The number of carbonyl (C=O) groups excluding carboxylic acids is 1. The Kier molecular flexibility index (Phi) is 10.8. The standard InChI is InChI=1S/C9H16NO.CH3.W/c1-10-9-4-2-8(3-5-9)6-7-11;;/h7-9H,2-6H2,1H3;1H3;/q2*-1;+2. The second-order valence-corrected chi connectivity index (χ2v) is 3.34. The van der Waals surface area contributed by atoms with Crippen LogP contribution in [-0.2, 0) is 25.9 Å². The summed E-state index contributed by atoms with van der Waals surface area (Å²) in [6, 6.07) is 0.581. The third kappa shape index (κ3) is 5.59. The number of nitrogens with zero attached hydrogens (tertiary/aromatic N) is 1. The van der Waals surface area contributed by atoms with Gasteiger partial charge in [-0.25, -0.2) is 0 Å². The summed E-state index contributed by atoms with van der Waals surface area (Å²) in [5.74, 6) is 0.658. The molecule has 0 unspecified atom stereocenters. The molecule has 13 heavy (non-hydrogen) atoms. The van der Waals surface area contributed by atoms with E-state index in [4.69, 9.17) is 0 Å². The van der Waals surface area contributed by atoms with Crippen molar-refractivity contribution in [2.75, 3.05) is 7.05 Å². The monoisotopic (exact) mass is 353 g/mol. The Morgan fingerprint density at radius 3 is 2.23 bits per heavy atom. The Hall–Kier alpha value is 0.318. The third-order valence-corrected chi connectivity index (χ3v) is 2.61. The first-order valence-corrected chi connectivity index (χ1v) is 4.39. The van der Waals surface area contributed by atoms with Crippen LogP contribution in [0.2, 0.25) is 0 Å². The van der Waals surface area contributed by atoms with E-state index in [1.165, 1.54) is 25.7 Å². The van der Waals surface area contributed by atoms with Crippen LogP contribution < -0.4 is 0 Å². The van der Waals surface area contributed by atoms with E-state index >= 15 is 0 Å². The summed E-state index contributed by atoms with van der Waals surface area (Å²) in [7, 11) is 1.89. The molecule has 76 valence electrons. The van der Waals surface area contributed by atoms with Gasteiger partial charge in [-0.05, 0) is 5.92 Å². The molecule has 0 spiro atoms. The topological polar surface area (TPSA) is 31.2 Å². The molecule has 0 bridgehead atoms. The molecule has 0 aliphatic heterocycles. The number of hydrogen-bond donors (Lipinski definition) is 0. The third-order valence-electron chi connectivity index (χ3n) is 2.61. The van der Waals surface area contributed by atoms with E-state index < -0.39 is 0 Å². The van der Waals surface area contributed by atoms with Crippen molar-refractivity contribution in [2.45, 2.75) is 38.1 Å². The van der Waals surface area contributed by atoms with Gasteiger partial charge >= 0.3 is 21.1 Å². The zero-order valence-electron chi connectivity index (χ0n) is 8.53. The van der Waals surface area contributed by atoms with Crippen molar-refractivity contribution >= 4 is 6.29 Å². The van der Waals surface area contributed by atoms with Gasteiger partial charge < -0.3 is 17.5 Å². The normalized spacial score (nSPS) is 26.8. The van der Waals surface area contributed by atoms with Crippen molar-refractivity contribution in [3.8, 4) is 0 Å². The summed E-state index contributed by atoms with van der Waals surface area (Å²) >= 11 is 0. The maximum absolute atomic E-state index is 10.2. The Morgan fingerprint density at radius 1 is 1.31 bits per heavy atom. The predicted octanol–water partition coefficient (Wildman–Crippen LogP) is 2.59. The minimum atomic E-state index is 0. The van der Waals surface area contributed by atoms with Gasteiger partial charge in [0.05, 0.1) is 0 Å². The molecule has 1 fully saturated rings. The maximum Gasteiger partial charge on any atom is 2.00 e. The van der Waals surface area contributed by atoms with E-state index in [1.807, 2.05) is 7.05 Å². The van der Waals surface area contributed by atoms with Gasteiger partial charge in [-0.15, -0.1) is 6.04 Å². The molecule has 3 heteroatoms. The fraction of sp³-hybridized carbons (Fsp3) is 0.800. The van der Waals surface area contributed by atoms with E-state index in [0.29, 0.717) is 12.0 Å². The SMILES string of the molecule is C[N-]C1CCC(CC=O)CC1.[CH3-].[W+2]. The van der Waals surface area contributed by atoms with Crippen LogP contribution in [0.1, 0.15) is 32.1 Å². The first-order valence-electron chi connectivity index (χ1n) is 4.39. The molecule has 0 aromatic heterocycles. The Balaban J connectivity index is 0. The van der Waals surface area contributed by atoms with Crippen LogP contribution in [0.4, 0.5) is 0 Å². The smallest absolute Gasteiger partial charge is 0.662 e. The Bertz CT molecular complexity index is 122. The number of aldehydes is 1. The van der Waals surface area contributed by atoms with Crippen LogP contribution in [-0.4, -0.2) is 19.4 Å². The molecule has 1 aliphatic rings. The molecule has 1 rings (SSSR count). The van der Waals surface area contributed by atoms with Gasteiger partial charge in [-0.3, -0.25) is 0 Å². The van der Waals surface area contributed by atoms with Gasteiger partial charge in [-0.2, -0.15) is 7.05 Å². The fourth-order valence-corrected chi connectivity index (χ4v) is 1.77. The Morgan fingerprint density at radius 2 is 1.85 bits per heavy atom. The van der Waals surface area contributed by atoms with Crippen LogP contribution in [0.15, 0.2) is 0 Å². The van der Waals surface area contributed by atoms with Crippen LogP contribution in [0.25, 0.3) is 5.32 Å². The van der Waals surface area contributed by atoms with Gasteiger partial charge in [0.15, 0.2) is 0 Å². The second kappa shape index (κ2) is 8.90. The molecule has 0 atom stereocenters. The molecule has 2 nitrogen and oxygen atoms in total. The molecule has 1 aliphatic carbocycles. The van der Waals surface area contributed by atoms with Crippen LogP contribution in [0.5, 0.6) is 0 Å². The molecule has 0 aromatic carbocycles. The van der Waals surface area contributed by atoms with Crippen molar-refractivity contribution in [3.05, 3.63) is 12.7 Å². The number of hydrogen-bond acceptors (Lipinski definition) is 1. The Labute approximate surface area is 96.1 Å². The van der Waals surface area contributed by atoms with E-state index in [-0.39, 0.29) is 28.5 Å². The summed E-state index contributed by atoms with van der Waals surface area (Å²) in [6.07, 6.45) is 6.58. The van der Waals surface area contributed by atoms with E-state index in [1.54, 1.807) is 0 Å². The molecule has 0 aromatic rings. The summed E-state index contributed by atoms with van der Waals surface area (Å²) in [4.78, 5) is 10.2. The van der Waals surface area contributed by atoms with E-state index in [9.17, 15) is 4.79 Å². The average Bonchev–Trinajstić information content (AvgIpc) is 2.07. The van der Waals surface area contributed by atoms with Crippen LogP contribution >= 0.6 is 0 Å². The largest absolute Gasteiger partial charge is 2.00 e.